The molecule has 2 aromatic rings. The molecule has 1 fully saturated rings. The van der Waals surface area contributed by atoms with Gasteiger partial charge in [0.1, 0.15) is 5.76 Å². The highest BCUT2D eigenvalue weighted by Gasteiger charge is 2.24. The third-order valence-electron chi connectivity index (χ3n) is 6.83. The minimum absolute atomic E-state index is 0.0364. The first-order valence-corrected chi connectivity index (χ1v) is 12.5. The zero-order chi connectivity index (χ0) is 23.2. The number of oxazole rings is 1. The summed E-state index contributed by atoms with van der Waals surface area (Å²) in [5.41, 5.74) is 2.57. The van der Waals surface area contributed by atoms with Crippen LogP contribution in [0.2, 0.25) is 0 Å². The Kier molecular flexibility index (Phi) is 8.02. The summed E-state index contributed by atoms with van der Waals surface area (Å²) in [4.78, 5) is 23.7. The van der Waals surface area contributed by atoms with E-state index in [0.29, 0.717) is 17.7 Å². The van der Waals surface area contributed by atoms with Gasteiger partial charge in [0.2, 0.25) is 11.8 Å². The van der Waals surface area contributed by atoms with Crippen molar-refractivity contribution in [1.82, 2.24) is 20.2 Å². The van der Waals surface area contributed by atoms with Crippen molar-refractivity contribution in [1.29, 1.82) is 0 Å². The van der Waals surface area contributed by atoms with Gasteiger partial charge in [0.05, 0.1) is 18.7 Å². The summed E-state index contributed by atoms with van der Waals surface area (Å²) < 4.78 is 11.2. The Morgan fingerprint density at radius 2 is 2.00 bits per heavy atom. The Morgan fingerprint density at radius 3 is 2.73 bits per heavy atom. The molecule has 1 amide bonds. The van der Waals surface area contributed by atoms with Crippen LogP contribution < -0.4 is 10.1 Å². The highest BCUT2D eigenvalue weighted by molar-refractivity contribution is 5.78. The molecule has 0 unspecified atom stereocenters. The van der Waals surface area contributed by atoms with E-state index in [4.69, 9.17) is 14.1 Å². The van der Waals surface area contributed by atoms with Gasteiger partial charge in [-0.15, -0.1) is 0 Å². The molecule has 2 aliphatic rings. The van der Waals surface area contributed by atoms with Crippen molar-refractivity contribution in [3.8, 4) is 5.88 Å². The van der Waals surface area contributed by atoms with Gasteiger partial charge in [-0.2, -0.15) is 0 Å². The van der Waals surface area contributed by atoms with Crippen molar-refractivity contribution < 1.29 is 13.9 Å². The molecular weight excluding hydrogens is 416 g/mol. The minimum Gasteiger partial charge on any atom is -0.475 e. The van der Waals surface area contributed by atoms with Crippen LogP contribution >= 0.6 is 0 Å². The van der Waals surface area contributed by atoms with Crippen LogP contribution in [-0.2, 0) is 24.1 Å². The van der Waals surface area contributed by atoms with Gasteiger partial charge in [0.15, 0.2) is 5.89 Å². The number of rotatable bonds is 8. The number of carbonyl (C=O) groups excluding carboxylic acids is 1. The van der Waals surface area contributed by atoms with Gasteiger partial charge in [0, 0.05) is 44.2 Å². The fourth-order valence-electron chi connectivity index (χ4n) is 5.02. The van der Waals surface area contributed by atoms with E-state index >= 15 is 0 Å². The average molecular weight is 455 g/mol. The van der Waals surface area contributed by atoms with Crippen LogP contribution in [0.5, 0.6) is 5.88 Å². The summed E-state index contributed by atoms with van der Waals surface area (Å²) in [5, 5.41) is 3.18. The molecule has 0 spiro atoms. The number of amides is 1. The zero-order valence-electron chi connectivity index (χ0n) is 20.3. The summed E-state index contributed by atoms with van der Waals surface area (Å²) in [6.07, 6.45) is 9.89. The van der Waals surface area contributed by atoms with Crippen molar-refractivity contribution in [2.24, 2.45) is 5.92 Å². The maximum absolute atomic E-state index is 12.3. The Labute approximate surface area is 197 Å². The number of carbonyl (C=O) groups is 1. The first-order valence-electron chi connectivity index (χ1n) is 12.5. The quantitative estimate of drug-likeness (QED) is 0.652. The number of nitrogens with one attached hydrogen (secondary N) is 1. The Bertz CT molecular complexity index is 918. The molecule has 7 nitrogen and oxygen atoms in total. The summed E-state index contributed by atoms with van der Waals surface area (Å²) >= 11 is 0. The molecule has 180 valence electrons. The topological polar surface area (TPSA) is 80.5 Å². The van der Waals surface area contributed by atoms with E-state index in [9.17, 15) is 4.79 Å². The number of ether oxygens (including phenoxy) is 1. The Morgan fingerprint density at radius 1 is 1.21 bits per heavy atom. The number of aryl methyl sites for hydroxylation is 1. The lowest BCUT2D eigenvalue weighted by Gasteiger charge is -2.30. The van der Waals surface area contributed by atoms with Crippen molar-refractivity contribution in [3.63, 3.8) is 0 Å². The molecule has 1 aliphatic carbocycles. The number of pyridine rings is 1. The lowest BCUT2D eigenvalue weighted by Crippen LogP contribution is -2.39. The van der Waals surface area contributed by atoms with Gasteiger partial charge < -0.3 is 19.4 Å². The molecule has 1 saturated carbocycles. The first kappa shape index (κ1) is 23.7. The molecule has 3 heterocycles. The van der Waals surface area contributed by atoms with Crippen LogP contribution in [0.15, 0.2) is 22.7 Å². The van der Waals surface area contributed by atoms with Gasteiger partial charge in [-0.3, -0.25) is 4.79 Å². The molecular formula is C26H38N4O3. The van der Waals surface area contributed by atoms with Crippen LogP contribution in [0.3, 0.4) is 0 Å². The lowest BCUT2D eigenvalue weighted by molar-refractivity contribution is -0.121. The predicted octanol–water partition coefficient (Wildman–Crippen LogP) is 3.87. The molecule has 1 aliphatic heterocycles. The summed E-state index contributed by atoms with van der Waals surface area (Å²) in [6, 6.07) is 4.50. The molecule has 0 saturated heterocycles. The van der Waals surface area contributed by atoms with Gasteiger partial charge in [-0.05, 0) is 70.4 Å². The van der Waals surface area contributed by atoms with E-state index < -0.39 is 0 Å². The van der Waals surface area contributed by atoms with Crippen LogP contribution in [0, 0.1) is 12.8 Å². The fourth-order valence-corrected chi connectivity index (χ4v) is 5.02. The van der Waals surface area contributed by atoms with Crippen molar-refractivity contribution in [2.45, 2.75) is 84.3 Å². The summed E-state index contributed by atoms with van der Waals surface area (Å²) in [5.74, 6) is 2.78. The number of aromatic nitrogens is 2. The monoisotopic (exact) mass is 454 g/mol. The Balaban J connectivity index is 1.16. The maximum Gasteiger partial charge on any atom is 0.227 e. The maximum atomic E-state index is 12.3. The number of fused-ring (bicyclic) bond motifs is 1. The molecule has 0 bridgehead atoms. The second kappa shape index (κ2) is 11.1. The van der Waals surface area contributed by atoms with E-state index in [1.807, 2.05) is 19.9 Å². The van der Waals surface area contributed by atoms with Gasteiger partial charge >= 0.3 is 0 Å². The van der Waals surface area contributed by atoms with E-state index in [2.05, 4.69) is 21.3 Å². The van der Waals surface area contributed by atoms with E-state index in [-0.39, 0.29) is 18.4 Å². The summed E-state index contributed by atoms with van der Waals surface area (Å²) in [6.45, 7) is 9.19. The first-order chi connectivity index (χ1) is 15.9. The highest BCUT2D eigenvalue weighted by Crippen LogP contribution is 2.28. The largest absolute Gasteiger partial charge is 0.475 e. The highest BCUT2D eigenvalue weighted by atomic mass is 16.5. The predicted molar refractivity (Wildman–Crippen MR) is 127 cm³/mol. The average Bonchev–Trinajstić information content (AvgIpc) is 3.07. The van der Waals surface area contributed by atoms with Gasteiger partial charge in [-0.1, -0.05) is 6.07 Å². The SMILES string of the molecule is Cc1ncc(CC(=O)NC2CCC(CCN3CCc4ccc(OC(C)C)nc4CC3)CC2)o1. The number of hydrogen-bond acceptors (Lipinski definition) is 6. The smallest absolute Gasteiger partial charge is 0.227 e. The zero-order valence-corrected chi connectivity index (χ0v) is 20.3. The lowest BCUT2D eigenvalue weighted by atomic mass is 9.84. The minimum atomic E-state index is 0.0364. The second-order valence-corrected chi connectivity index (χ2v) is 9.86. The van der Waals surface area contributed by atoms with Crippen molar-refractivity contribution in [3.05, 3.63) is 41.2 Å². The number of hydrogen-bond donors (Lipinski definition) is 1. The molecule has 1 N–H and O–H groups in total. The van der Waals surface area contributed by atoms with E-state index in [0.717, 1.165) is 57.1 Å². The normalized spacial score (nSPS) is 21.5. The summed E-state index contributed by atoms with van der Waals surface area (Å²) in [7, 11) is 0. The van der Waals surface area contributed by atoms with Gasteiger partial charge in [-0.25, -0.2) is 9.97 Å². The van der Waals surface area contributed by atoms with Crippen LogP contribution in [-0.4, -0.2) is 52.6 Å². The van der Waals surface area contributed by atoms with Crippen LogP contribution in [0.25, 0.3) is 0 Å². The molecule has 2 aromatic heterocycles. The molecule has 0 atom stereocenters. The molecule has 0 aromatic carbocycles. The van der Waals surface area contributed by atoms with Gasteiger partial charge in [0.25, 0.3) is 0 Å². The molecule has 33 heavy (non-hydrogen) atoms. The standard InChI is InChI=1S/C26H38N4O3/c1-18(2)32-26-9-6-21-11-14-30(15-12-24(21)29-26)13-10-20-4-7-22(8-5-20)28-25(31)16-23-17-27-19(3)33-23/h6,9,17-18,20,22H,4-5,7-8,10-16H2,1-3H3,(H,28,31). The van der Waals surface area contributed by atoms with Crippen molar-refractivity contribution in [2.75, 3.05) is 19.6 Å². The Hall–Kier alpha value is -2.41. The molecule has 4 rings (SSSR count). The second-order valence-electron chi connectivity index (χ2n) is 9.86. The van der Waals surface area contributed by atoms with Crippen LogP contribution in [0.1, 0.15) is 68.9 Å². The van der Waals surface area contributed by atoms with Crippen molar-refractivity contribution >= 4 is 5.91 Å². The van der Waals surface area contributed by atoms with E-state index in [1.54, 1.807) is 13.1 Å². The number of nitrogens with zero attached hydrogens (tertiary/aromatic N) is 3. The fraction of sp³-hybridized carbons (Fsp3) is 0.654. The molecule has 7 heteroatoms. The van der Waals surface area contributed by atoms with E-state index in [1.165, 1.54) is 30.5 Å². The molecule has 0 radical (unpaired) electrons. The third-order valence-corrected chi connectivity index (χ3v) is 6.83. The third kappa shape index (κ3) is 7.03. The van der Waals surface area contributed by atoms with Crippen LogP contribution in [0.4, 0.5) is 0 Å².